The molecule has 1 saturated heterocycles. The summed E-state index contributed by atoms with van der Waals surface area (Å²) in [5.41, 5.74) is 1.86. The van der Waals surface area contributed by atoms with Crippen molar-refractivity contribution in [2.45, 2.75) is 31.3 Å². The highest BCUT2D eigenvalue weighted by molar-refractivity contribution is 6.42. The van der Waals surface area contributed by atoms with Crippen molar-refractivity contribution in [3.05, 3.63) is 69.2 Å². The molecule has 4 rings (SSSR count). The number of halogens is 2. The summed E-state index contributed by atoms with van der Waals surface area (Å²) in [5, 5.41) is 3.80. The summed E-state index contributed by atoms with van der Waals surface area (Å²) in [6.07, 6.45) is 2.41. The smallest absolute Gasteiger partial charge is 0.319 e. The number of benzene rings is 2. The molecule has 1 aliphatic carbocycles. The predicted molar refractivity (Wildman–Crippen MR) is 96.6 cm³/mol. The molecule has 1 heterocycles. The lowest BCUT2D eigenvalue weighted by molar-refractivity contribution is -0.132. The standard InChI is InChI=1S/C19H16Cl2N2O2/c20-15-8-7-12(10-16(15)21)11-23-17(24)19(22-18(23)25)9-3-5-13-4-1-2-6-14(13)19/h1-2,4,6-8,10H,3,5,9,11H2,(H,22,25). The van der Waals surface area contributed by atoms with E-state index in [0.717, 1.165) is 29.5 Å². The average Bonchev–Trinajstić information content (AvgIpc) is 2.83. The Morgan fingerprint density at radius 1 is 1.08 bits per heavy atom. The normalized spacial score (nSPS) is 22.2. The minimum absolute atomic E-state index is 0.172. The molecule has 1 N–H and O–H groups in total. The van der Waals surface area contributed by atoms with E-state index >= 15 is 0 Å². The van der Waals surface area contributed by atoms with E-state index in [0.29, 0.717) is 16.5 Å². The first-order valence-electron chi connectivity index (χ1n) is 8.18. The number of carbonyl (C=O) groups is 2. The Morgan fingerprint density at radius 3 is 2.68 bits per heavy atom. The number of aryl methyl sites for hydroxylation is 1. The quantitative estimate of drug-likeness (QED) is 0.797. The number of amides is 3. The van der Waals surface area contributed by atoms with Gasteiger partial charge in [-0.1, -0.05) is 53.5 Å². The number of imide groups is 1. The Morgan fingerprint density at radius 2 is 1.88 bits per heavy atom. The van der Waals surface area contributed by atoms with Gasteiger partial charge in [0, 0.05) is 0 Å². The van der Waals surface area contributed by atoms with Gasteiger partial charge in [-0.2, -0.15) is 0 Å². The molecule has 6 heteroatoms. The second kappa shape index (κ2) is 6.04. The SMILES string of the molecule is O=C1NC2(CCCc3ccccc32)C(=O)N1Cc1ccc(Cl)c(Cl)c1. The van der Waals surface area contributed by atoms with Crippen LogP contribution >= 0.6 is 23.2 Å². The second-order valence-corrected chi connectivity index (χ2v) is 7.30. The zero-order valence-corrected chi connectivity index (χ0v) is 14.9. The lowest BCUT2D eigenvalue weighted by atomic mass is 9.76. The van der Waals surface area contributed by atoms with Gasteiger partial charge in [0.2, 0.25) is 0 Å². The van der Waals surface area contributed by atoms with Crippen LogP contribution in [0.25, 0.3) is 0 Å². The molecule has 3 amide bonds. The number of fused-ring (bicyclic) bond motifs is 2. The summed E-state index contributed by atoms with van der Waals surface area (Å²) in [4.78, 5) is 27.0. The molecule has 0 saturated carbocycles. The molecule has 4 nitrogen and oxygen atoms in total. The van der Waals surface area contributed by atoms with Gasteiger partial charge in [0.05, 0.1) is 16.6 Å². The van der Waals surface area contributed by atoms with Crippen molar-refractivity contribution in [1.82, 2.24) is 10.2 Å². The van der Waals surface area contributed by atoms with E-state index in [1.807, 2.05) is 24.3 Å². The van der Waals surface area contributed by atoms with E-state index in [-0.39, 0.29) is 18.5 Å². The Balaban J connectivity index is 1.68. The Hall–Kier alpha value is -2.04. The maximum absolute atomic E-state index is 13.2. The van der Waals surface area contributed by atoms with E-state index in [4.69, 9.17) is 23.2 Å². The molecule has 2 aromatic carbocycles. The molecule has 1 fully saturated rings. The van der Waals surface area contributed by atoms with Crippen molar-refractivity contribution < 1.29 is 9.59 Å². The predicted octanol–water partition coefficient (Wildman–Crippen LogP) is 4.28. The summed E-state index contributed by atoms with van der Waals surface area (Å²) >= 11 is 12.0. The lowest BCUT2D eigenvalue weighted by Gasteiger charge is -2.33. The van der Waals surface area contributed by atoms with Gasteiger partial charge in [-0.05, 0) is 48.1 Å². The molecular formula is C19H16Cl2N2O2. The zero-order chi connectivity index (χ0) is 17.6. The minimum Gasteiger partial charge on any atom is -0.319 e. The van der Waals surface area contributed by atoms with Gasteiger partial charge in [-0.15, -0.1) is 0 Å². The van der Waals surface area contributed by atoms with Gasteiger partial charge >= 0.3 is 6.03 Å². The number of rotatable bonds is 2. The first-order valence-corrected chi connectivity index (χ1v) is 8.93. The molecule has 0 radical (unpaired) electrons. The van der Waals surface area contributed by atoms with E-state index in [9.17, 15) is 9.59 Å². The molecule has 1 aliphatic heterocycles. The number of hydrogen-bond donors (Lipinski definition) is 1. The van der Waals surface area contributed by atoms with E-state index < -0.39 is 5.54 Å². The first-order chi connectivity index (χ1) is 12.0. The van der Waals surface area contributed by atoms with Crippen molar-refractivity contribution in [2.75, 3.05) is 0 Å². The molecule has 1 unspecified atom stereocenters. The fourth-order valence-electron chi connectivity index (χ4n) is 3.78. The van der Waals surface area contributed by atoms with Crippen molar-refractivity contribution >= 4 is 35.1 Å². The van der Waals surface area contributed by atoms with E-state index in [1.165, 1.54) is 4.90 Å². The first kappa shape index (κ1) is 16.4. The van der Waals surface area contributed by atoms with Crippen molar-refractivity contribution in [3.63, 3.8) is 0 Å². The zero-order valence-electron chi connectivity index (χ0n) is 13.4. The van der Waals surface area contributed by atoms with Crippen LogP contribution in [-0.2, 0) is 23.3 Å². The Labute approximate surface area is 155 Å². The molecule has 1 atom stereocenters. The fourth-order valence-corrected chi connectivity index (χ4v) is 4.10. The third kappa shape index (κ3) is 2.60. The van der Waals surface area contributed by atoms with Gasteiger partial charge in [-0.25, -0.2) is 4.79 Å². The van der Waals surface area contributed by atoms with Crippen LogP contribution in [0.4, 0.5) is 4.79 Å². The third-order valence-corrected chi connectivity index (χ3v) is 5.71. The monoisotopic (exact) mass is 374 g/mol. The fraction of sp³-hybridized carbons (Fsp3) is 0.263. The molecule has 0 bridgehead atoms. The molecule has 1 spiro atoms. The van der Waals surface area contributed by atoms with Crippen LogP contribution in [0.1, 0.15) is 29.5 Å². The Bertz CT molecular complexity index is 883. The van der Waals surface area contributed by atoms with Crippen molar-refractivity contribution in [2.24, 2.45) is 0 Å². The number of hydrogen-bond acceptors (Lipinski definition) is 2. The van der Waals surface area contributed by atoms with Gasteiger partial charge in [-0.3, -0.25) is 9.69 Å². The van der Waals surface area contributed by atoms with Crippen LogP contribution in [-0.4, -0.2) is 16.8 Å². The maximum Gasteiger partial charge on any atom is 0.325 e. The molecule has 25 heavy (non-hydrogen) atoms. The van der Waals surface area contributed by atoms with Crippen molar-refractivity contribution in [1.29, 1.82) is 0 Å². The highest BCUT2D eigenvalue weighted by atomic mass is 35.5. The summed E-state index contributed by atoms with van der Waals surface area (Å²) in [7, 11) is 0. The third-order valence-electron chi connectivity index (χ3n) is 4.98. The number of nitrogens with zero attached hydrogens (tertiary/aromatic N) is 1. The summed E-state index contributed by atoms with van der Waals surface area (Å²) in [6, 6.07) is 12.6. The van der Waals surface area contributed by atoms with Gasteiger partial charge in [0.25, 0.3) is 5.91 Å². The van der Waals surface area contributed by atoms with E-state index in [1.54, 1.807) is 18.2 Å². The number of nitrogens with one attached hydrogen (secondary N) is 1. The van der Waals surface area contributed by atoms with Crippen molar-refractivity contribution in [3.8, 4) is 0 Å². The van der Waals surface area contributed by atoms with Crippen LogP contribution in [0.2, 0.25) is 10.0 Å². The number of carbonyl (C=O) groups excluding carboxylic acids is 2. The summed E-state index contributed by atoms with van der Waals surface area (Å²) < 4.78 is 0. The van der Waals surface area contributed by atoms with Gasteiger partial charge < -0.3 is 5.32 Å². The van der Waals surface area contributed by atoms with E-state index in [2.05, 4.69) is 5.32 Å². The van der Waals surface area contributed by atoms with Gasteiger partial charge in [0.1, 0.15) is 5.54 Å². The Kier molecular flexibility index (Phi) is 3.97. The van der Waals surface area contributed by atoms with Crippen LogP contribution in [0.5, 0.6) is 0 Å². The van der Waals surface area contributed by atoms with Crippen LogP contribution in [0.15, 0.2) is 42.5 Å². The highest BCUT2D eigenvalue weighted by Gasteiger charge is 2.53. The molecule has 2 aliphatic rings. The average molecular weight is 375 g/mol. The second-order valence-electron chi connectivity index (χ2n) is 6.49. The maximum atomic E-state index is 13.2. The summed E-state index contributed by atoms with van der Waals surface area (Å²) in [5.74, 6) is -0.198. The molecule has 128 valence electrons. The largest absolute Gasteiger partial charge is 0.325 e. The summed E-state index contributed by atoms with van der Waals surface area (Å²) in [6.45, 7) is 0.172. The minimum atomic E-state index is -0.942. The molecule has 0 aromatic heterocycles. The highest BCUT2D eigenvalue weighted by Crippen LogP contribution is 2.40. The van der Waals surface area contributed by atoms with Gasteiger partial charge in [0.15, 0.2) is 0 Å². The van der Waals surface area contributed by atoms with Crippen LogP contribution < -0.4 is 5.32 Å². The van der Waals surface area contributed by atoms with Crippen LogP contribution in [0, 0.1) is 0 Å². The topological polar surface area (TPSA) is 49.4 Å². The molecular weight excluding hydrogens is 359 g/mol. The molecule has 2 aromatic rings. The lowest BCUT2D eigenvalue weighted by Crippen LogP contribution is -2.46. The number of urea groups is 1. The van der Waals surface area contributed by atoms with Crippen LogP contribution in [0.3, 0.4) is 0 Å².